The predicted molar refractivity (Wildman–Crippen MR) is 115 cm³/mol. The van der Waals surface area contributed by atoms with E-state index in [1.165, 1.54) is 10.4 Å². The number of nitrogens with zero attached hydrogens (tertiary/aromatic N) is 4. The Labute approximate surface area is 165 Å². The highest BCUT2D eigenvalue weighted by molar-refractivity contribution is 7.21. The van der Waals surface area contributed by atoms with Crippen molar-refractivity contribution in [1.82, 2.24) is 19.8 Å². The van der Waals surface area contributed by atoms with Crippen molar-refractivity contribution in [2.75, 3.05) is 45.1 Å². The summed E-state index contributed by atoms with van der Waals surface area (Å²) in [6, 6.07) is 13.2. The number of nitrogens with one attached hydrogen (secondary N) is 1. The van der Waals surface area contributed by atoms with Crippen LogP contribution in [0.5, 0.6) is 0 Å². The van der Waals surface area contributed by atoms with Crippen molar-refractivity contribution in [2.24, 2.45) is 0 Å². The third kappa shape index (κ3) is 4.13. The zero-order valence-corrected chi connectivity index (χ0v) is 17.1. The van der Waals surface area contributed by atoms with Gasteiger partial charge in [0.1, 0.15) is 16.5 Å². The van der Waals surface area contributed by atoms with E-state index in [2.05, 4.69) is 64.4 Å². The van der Waals surface area contributed by atoms with E-state index >= 15 is 0 Å². The van der Waals surface area contributed by atoms with Crippen LogP contribution >= 0.6 is 11.3 Å². The molecule has 1 aliphatic heterocycles. The van der Waals surface area contributed by atoms with Gasteiger partial charge in [0.15, 0.2) is 0 Å². The molecule has 3 heterocycles. The average molecular weight is 382 g/mol. The number of rotatable bonds is 5. The fourth-order valence-electron chi connectivity index (χ4n) is 3.54. The monoisotopic (exact) mass is 381 g/mol. The summed E-state index contributed by atoms with van der Waals surface area (Å²) in [6.45, 7) is 9.72. The normalized spacial score (nSPS) is 17.3. The first-order valence-corrected chi connectivity index (χ1v) is 10.4. The second-order valence-corrected chi connectivity index (χ2v) is 8.41. The predicted octanol–water partition coefficient (Wildman–Crippen LogP) is 3.71. The molecule has 0 spiro atoms. The van der Waals surface area contributed by atoms with Gasteiger partial charge in [-0.15, -0.1) is 11.3 Å². The van der Waals surface area contributed by atoms with Crippen LogP contribution in [0.2, 0.25) is 0 Å². The highest BCUT2D eigenvalue weighted by Crippen LogP contribution is 2.35. The van der Waals surface area contributed by atoms with Crippen LogP contribution < -0.4 is 5.32 Å². The molecule has 0 bridgehead atoms. The van der Waals surface area contributed by atoms with Crippen molar-refractivity contribution in [3.63, 3.8) is 0 Å². The van der Waals surface area contributed by atoms with E-state index in [1.807, 2.05) is 13.0 Å². The second kappa shape index (κ2) is 7.92. The Hall–Kier alpha value is -2.02. The van der Waals surface area contributed by atoms with Gasteiger partial charge >= 0.3 is 0 Å². The molecule has 1 saturated heterocycles. The van der Waals surface area contributed by atoms with Crippen molar-refractivity contribution in [3.8, 4) is 10.4 Å². The summed E-state index contributed by atoms with van der Waals surface area (Å²) in [5, 5.41) is 4.72. The molecule has 1 N–H and O–H groups in total. The summed E-state index contributed by atoms with van der Waals surface area (Å²) >= 11 is 1.73. The molecule has 0 radical (unpaired) electrons. The second-order valence-electron chi connectivity index (χ2n) is 7.38. The number of likely N-dealkylation sites (N-methyl/N-ethyl adjacent to an activating group) is 1. The van der Waals surface area contributed by atoms with Crippen molar-refractivity contribution >= 4 is 27.4 Å². The van der Waals surface area contributed by atoms with E-state index in [1.54, 1.807) is 11.3 Å². The number of anilines is 1. The Morgan fingerprint density at radius 3 is 2.59 bits per heavy atom. The van der Waals surface area contributed by atoms with E-state index in [9.17, 15) is 0 Å². The maximum atomic E-state index is 4.70. The molecule has 4 rings (SSSR count). The lowest BCUT2D eigenvalue weighted by molar-refractivity contribution is 0.123. The minimum Gasteiger partial charge on any atom is -0.368 e. The van der Waals surface area contributed by atoms with Gasteiger partial charge in [-0.25, -0.2) is 9.97 Å². The minimum absolute atomic E-state index is 0.483. The lowest BCUT2D eigenvalue weighted by Gasteiger charge is -2.36. The number of aromatic nitrogens is 2. The smallest absolute Gasteiger partial charge is 0.138 e. The highest BCUT2D eigenvalue weighted by Gasteiger charge is 2.19. The van der Waals surface area contributed by atoms with E-state index in [-0.39, 0.29) is 0 Å². The molecule has 0 amide bonds. The molecule has 0 saturated carbocycles. The standard InChI is InChI=1S/C21H27N5S/c1-15(26-11-9-25(3)10-12-26)14-22-20-18-13-19(17-7-5-4-6-8-17)27-21(18)24-16(2)23-20/h4-8,13,15H,9-12,14H2,1-3H3,(H,22,23,24). The third-order valence-corrected chi connectivity index (χ3v) is 6.37. The van der Waals surface area contributed by atoms with Crippen molar-refractivity contribution < 1.29 is 0 Å². The van der Waals surface area contributed by atoms with Crippen LogP contribution in [0, 0.1) is 6.92 Å². The molecule has 1 unspecified atom stereocenters. The number of thiophene rings is 1. The van der Waals surface area contributed by atoms with E-state index < -0.39 is 0 Å². The van der Waals surface area contributed by atoms with Crippen LogP contribution in [-0.4, -0.2) is 65.6 Å². The quantitative estimate of drug-likeness (QED) is 0.730. The van der Waals surface area contributed by atoms with Gasteiger partial charge in [0.05, 0.1) is 5.39 Å². The number of aryl methyl sites for hydroxylation is 1. The topological polar surface area (TPSA) is 44.3 Å². The first-order valence-electron chi connectivity index (χ1n) is 9.60. The van der Waals surface area contributed by atoms with Gasteiger partial charge in [-0.2, -0.15) is 0 Å². The van der Waals surface area contributed by atoms with Gasteiger partial charge in [-0.05, 0) is 32.5 Å². The molecule has 2 aromatic heterocycles. The molecule has 0 aliphatic carbocycles. The Balaban J connectivity index is 1.53. The van der Waals surface area contributed by atoms with Crippen LogP contribution in [0.4, 0.5) is 5.82 Å². The Morgan fingerprint density at radius 1 is 1.11 bits per heavy atom. The Bertz CT molecular complexity index is 900. The van der Waals surface area contributed by atoms with Crippen LogP contribution in [0.3, 0.4) is 0 Å². The summed E-state index contributed by atoms with van der Waals surface area (Å²) in [7, 11) is 2.20. The maximum Gasteiger partial charge on any atom is 0.138 e. The third-order valence-electron chi connectivity index (χ3n) is 5.29. The summed E-state index contributed by atoms with van der Waals surface area (Å²) in [6.07, 6.45) is 0. The van der Waals surface area contributed by atoms with Crippen molar-refractivity contribution in [3.05, 3.63) is 42.2 Å². The minimum atomic E-state index is 0.483. The summed E-state index contributed by atoms with van der Waals surface area (Å²) in [5.74, 6) is 1.77. The lowest BCUT2D eigenvalue weighted by atomic mass is 10.2. The SMILES string of the molecule is Cc1nc(NCC(C)N2CCN(C)CC2)c2cc(-c3ccccc3)sc2n1. The zero-order valence-electron chi connectivity index (χ0n) is 16.3. The van der Waals surface area contributed by atoms with Crippen LogP contribution in [0.15, 0.2) is 36.4 Å². The molecule has 5 nitrogen and oxygen atoms in total. The first kappa shape index (κ1) is 18.3. The van der Waals surface area contributed by atoms with E-state index in [0.29, 0.717) is 6.04 Å². The zero-order chi connectivity index (χ0) is 18.8. The number of hydrogen-bond donors (Lipinski definition) is 1. The van der Waals surface area contributed by atoms with Gasteiger partial charge in [-0.1, -0.05) is 30.3 Å². The first-order chi connectivity index (χ1) is 13.1. The molecular weight excluding hydrogens is 354 g/mol. The molecule has 1 atom stereocenters. The number of fused-ring (bicyclic) bond motifs is 1. The summed E-state index contributed by atoms with van der Waals surface area (Å²) in [5.41, 5.74) is 1.23. The lowest BCUT2D eigenvalue weighted by Crippen LogP contribution is -2.49. The van der Waals surface area contributed by atoms with Crippen molar-refractivity contribution in [2.45, 2.75) is 19.9 Å². The summed E-state index contributed by atoms with van der Waals surface area (Å²) in [4.78, 5) is 16.6. The van der Waals surface area contributed by atoms with Gasteiger partial charge < -0.3 is 10.2 Å². The average Bonchev–Trinajstić information content (AvgIpc) is 3.11. The molecule has 142 valence electrons. The van der Waals surface area contributed by atoms with Crippen LogP contribution in [-0.2, 0) is 0 Å². The molecule has 1 aromatic carbocycles. The number of piperazine rings is 1. The Kier molecular flexibility index (Phi) is 5.38. The van der Waals surface area contributed by atoms with Crippen molar-refractivity contribution in [1.29, 1.82) is 0 Å². The van der Waals surface area contributed by atoms with E-state index in [4.69, 9.17) is 4.98 Å². The Morgan fingerprint density at radius 2 is 1.85 bits per heavy atom. The fourth-order valence-corrected chi connectivity index (χ4v) is 4.63. The fraction of sp³-hybridized carbons (Fsp3) is 0.429. The molecule has 6 heteroatoms. The molecule has 3 aromatic rings. The number of benzene rings is 1. The molecular formula is C21H27N5S. The van der Waals surface area contributed by atoms with Crippen LogP contribution in [0.1, 0.15) is 12.7 Å². The number of hydrogen-bond acceptors (Lipinski definition) is 6. The van der Waals surface area contributed by atoms with E-state index in [0.717, 1.165) is 54.6 Å². The van der Waals surface area contributed by atoms with Gasteiger partial charge in [0.25, 0.3) is 0 Å². The molecule has 1 aliphatic rings. The largest absolute Gasteiger partial charge is 0.368 e. The van der Waals surface area contributed by atoms with Gasteiger partial charge in [-0.3, -0.25) is 4.90 Å². The summed E-state index contributed by atoms with van der Waals surface area (Å²) < 4.78 is 0. The van der Waals surface area contributed by atoms with Gasteiger partial charge in [0, 0.05) is 43.6 Å². The molecule has 27 heavy (non-hydrogen) atoms. The maximum absolute atomic E-state index is 4.70. The van der Waals surface area contributed by atoms with Gasteiger partial charge in [0.2, 0.25) is 0 Å². The molecule has 1 fully saturated rings. The van der Waals surface area contributed by atoms with Crippen LogP contribution in [0.25, 0.3) is 20.7 Å². The highest BCUT2D eigenvalue weighted by atomic mass is 32.1.